The second-order valence-corrected chi connectivity index (χ2v) is 8.92. The van der Waals surface area contributed by atoms with E-state index in [0.29, 0.717) is 18.7 Å². The van der Waals surface area contributed by atoms with Crippen LogP contribution in [0.5, 0.6) is 0 Å². The van der Waals surface area contributed by atoms with Crippen LogP contribution in [0.25, 0.3) is 0 Å². The molecule has 2 atom stereocenters. The number of halogens is 5. The number of hydrogen-bond donors (Lipinski definition) is 2. The fourth-order valence-corrected chi connectivity index (χ4v) is 4.76. The van der Waals surface area contributed by atoms with Gasteiger partial charge in [-0.25, -0.2) is 9.18 Å². The van der Waals surface area contributed by atoms with Crippen LogP contribution in [-0.2, 0) is 10.3 Å². The molecule has 1 aliphatic heterocycles. The first-order valence-electron chi connectivity index (χ1n) is 10.3. The maximum atomic E-state index is 13.8. The van der Waals surface area contributed by atoms with E-state index in [2.05, 4.69) is 10.6 Å². The summed E-state index contributed by atoms with van der Waals surface area (Å²) in [6.07, 6.45) is -3.85. The molecule has 2 N–H and O–H groups in total. The molecule has 3 rings (SSSR count). The van der Waals surface area contributed by atoms with Gasteiger partial charge in [0.05, 0.1) is 16.5 Å². The zero-order chi connectivity index (χ0) is 23.0. The Kier molecular flexibility index (Phi) is 6.74. The van der Waals surface area contributed by atoms with Gasteiger partial charge in [0.25, 0.3) is 0 Å². The summed E-state index contributed by atoms with van der Waals surface area (Å²) in [6, 6.07) is 2.89. The van der Waals surface area contributed by atoms with Crippen molar-refractivity contribution in [1.29, 1.82) is 0 Å². The molecule has 0 bridgehead atoms. The summed E-state index contributed by atoms with van der Waals surface area (Å²) in [6.45, 7) is 3.95. The van der Waals surface area contributed by atoms with Crippen molar-refractivity contribution < 1.29 is 27.2 Å². The smallest absolute Gasteiger partial charge is 0.353 e. The maximum Gasteiger partial charge on any atom is 0.391 e. The molecule has 0 spiro atoms. The number of carbonyl (C=O) groups excluding carboxylic acids is 2. The first-order valence-corrected chi connectivity index (χ1v) is 10.7. The minimum atomic E-state index is -4.25. The lowest BCUT2D eigenvalue weighted by Gasteiger charge is -2.44. The van der Waals surface area contributed by atoms with Gasteiger partial charge in [0.2, 0.25) is 5.91 Å². The van der Waals surface area contributed by atoms with E-state index in [1.165, 1.54) is 23.1 Å². The summed E-state index contributed by atoms with van der Waals surface area (Å²) in [5.74, 6) is -2.59. The average Bonchev–Trinajstić information content (AvgIpc) is 2.71. The highest BCUT2D eigenvalue weighted by Crippen LogP contribution is 2.46. The summed E-state index contributed by atoms with van der Waals surface area (Å²) in [4.78, 5) is 26.5. The van der Waals surface area contributed by atoms with E-state index in [0.717, 1.165) is 0 Å². The number of benzene rings is 1. The quantitative estimate of drug-likeness (QED) is 0.644. The van der Waals surface area contributed by atoms with E-state index in [1.54, 1.807) is 13.8 Å². The largest absolute Gasteiger partial charge is 0.391 e. The van der Waals surface area contributed by atoms with E-state index in [1.807, 2.05) is 0 Å². The number of nitrogens with one attached hydrogen (secondary N) is 2. The van der Waals surface area contributed by atoms with Gasteiger partial charge in [-0.15, -0.1) is 0 Å². The molecule has 1 aromatic rings. The first kappa shape index (κ1) is 23.6. The topological polar surface area (TPSA) is 61.4 Å². The highest BCUT2D eigenvalue weighted by Gasteiger charge is 2.47. The van der Waals surface area contributed by atoms with E-state index < -0.39 is 35.5 Å². The van der Waals surface area contributed by atoms with Crippen molar-refractivity contribution in [2.24, 2.45) is 11.8 Å². The van der Waals surface area contributed by atoms with Crippen LogP contribution in [-0.4, -0.2) is 42.1 Å². The predicted octanol–water partition coefficient (Wildman–Crippen LogP) is 4.59. The van der Waals surface area contributed by atoms with Crippen LogP contribution in [0.4, 0.5) is 22.4 Å². The number of carbonyl (C=O) groups is 2. The maximum absolute atomic E-state index is 13.8. The molecule has 31 heavy (non-hydrogen) atoms. The van der Waals surface area contributed by atoms with Crippen molar-refractivity contribution >= 4 is 23.5 Å². The minimum absolute atomic E-state index is 0.0446. The first-order chi connectivity index (χ1) is 14.4. The van der Waals surface area contributed by atoms with E-state index in [-0.39, 0.29) is 42.5 Å². The predicted molar refractivity (Wildman–Crippen MR) is 108 cm³/mol. The Bertz CT molecular complexity index is 842. The molecule has 1 heterocycles. The van der Waals surface area contributed by atoms with Gasteiger partial charge >= 0.3 is 12.2 Å². The number of piperazine rings is 1. The Balaban J connectivity index is 1.89. The lowest BCUT2D eigenvalue weighted by molar-refractivity contribution is -0.185. The molecule has 1 aliphatic carbocycles. The average molecular weight is 464 g/mol. The lowest BCUT2D eigenvalue weighted by Crippen LogP contribution is -2.61. The SMILES string of the molecule is C[C@@H]1C(=O)NCCN1C(=O)N[C@@](C)(c1ccc(F)c(Cl)c1)C1CCC(C(F)(F)F)CC1. The van der Waals surface area contributed by atoms with Gasteiger partial charge in [-0.2, -0.15) is 13.2 Å². The number of alkyl halides is 3. The molecule has 2 fully saturated rings. The molecule has 172 valence electrons. The molecular weight excluding hydrogens is 438 g/mol. The van der Waals surface area contributed by atoms with Gasteiger partial charge in [0.1, 0.15) is 11.9 Å². The Morgan fingerprint density at radius 2 is 1.81 bits per heavy atom. The van der Waals surface area contributed by atoms with E-state index in [4.69, 9.17) is 11.6 Å². The van der Waals surface area contributed by atoms with Crippen molar-refractivity contribution in [3.63, 3.8) is 0 Å². The van der Waals surface area contributed by atoms with Gasteiger partial charge in [-0.3, -0.25) is 4.79 Å². The van der Waals surface area contributed by atoms with Crippen molar-refractivity contribution in [3.05, 3.63) is 34.6 Å². The van der Waals surface area contributed by atoms with E-state index >= 15 is 0 Å². The van der Waals surface area contributed by atoms with Crippen LogP contribution in [0.1, 0.15) is 45.1 Å². The molecule has 5 nitrogen and oxygen atoms in total. The number of hydrogen-bond acceptors (Lipinski definition) is 2. The zero-order valence-corrected chi connectivity index (χ0v) is 18.1. The van der Waals surface area contributed by atoms with Crippen molar-refractivity contribution in [3.8, 4) is 0 Å². The fraction of sp³-hybridized carbons (Fsp3) is 0.619. The Hall–Kier alpha value is -2.03. The fourth-order valence-electron chi connectivity index (χ4n) is 4.58. The Morgan fingerprint density at radius 3 is 2.39 bits per heavy atom. The molecule has 0 aromatic heterocycles. The molecule has 1 saturated carbocycles. The van der Waals surface area contributed by atoms with Crippen LogP contribution in [0.2, 0.25) is 5.02 Å². The van der Waals surface area contributed by atoms with Gasteiger partial charge < -0.3 is 15.5 Å². The van der Waals surface area contributed by atoms with Gasteiger partial charge in [-0.05, 0) is 63.1 Å². The van der Waals surface area contributed by atoms with Gasteiger partial charge in [0, 0.05) is 13.1 Å². The van der Waals surface area contributed by atoms with Crippen LogP contribution >= 0.6 is 11.6 Å². The normalized spacial score (nSPS) is 26.7. The third-order valence-electron chi connectivity index (χ3n) is 6.65. The summed E-state index contributed by atoms with van der Waals surface area (Å²) < 4.78 is 53.2. The van der Waals surface area contributed by atoms with Crippen LogP contribution < -0.4 is 10.6 Å². The number of urea groups is 1. The highest BCUT2D eigenvalue weighted by atomic mass is 35.5. The van der Waals surface area contributed by atoms with E-state index in [9.17, 15) is 27.2 Å². The van der Waals surface area contributed by atoms with Crippen LogP contribution in [0.15, 0.2) is 18.2 Å². The lowest BCUT2D eigenvalue weighted by atomic mass is 9.69. The second-order valence-electron chi connectivity index (χ2n) is 8.51. The molecule has 3 amide bonds. The number of rotatable bonds is 3. The minimum Gasteiger partial charge on any atom is -0.353 e. The summed E-state index contributed by atoms with van der Waals surface area (Å²) in [5, 5.41) is 5.49. The van der Waals surface area contributed by atoms with Crippen LogP contribution in [0.3, 0.4) is 0 Å². The second kappa shape index (κ2) is 8.84. The molecular formula is C21H26ClF4N3O2. The summed E-state index contributed by atoms with van der Waals surface area (Å²) in [7, 11) is 0. The molecule has 2 aliphatic rings. The zero-order valence-electron chi connectivity index (χ0n) is 17.4. The molecule has 1 aromatic carbocycles. The van der Waals surface area contributed by atoms with Gasteiger partial charge in [-0.1, -0.05) is 17.7 Å². The molecule has 1 saturated heterocycles. The Morgan fingerprint density at radius 1 is 1.19 bits per heavy atom. The highest BCUT2D eigenvalue weighted by molar-refractivity contribution is 6.30. The van der Waals surface area contributed by atoms with Crippen molar-refractivity contribution in [2.45, 2.75) is 57.3 Å². The molecule has 0 unspecified atom stereocenters. The Labute approximate surface area is 183 Å². The standard InChI is InChI=1S/C21H26ClF4N3O2/c1-12-18(30)27-9-10-29(12)19(31)28-20(2,15-7-8-17(23)16(22)11-15)13-3-5-14(6-4-13)21(24,25)26/h7-8,11-14H,3-6,9-10H2,1-2H3,(H,27,30)(H,28,31)/t12-,13?,14?,20-/m1/s1. The molecule has 10 heteroatoms. The van der Waals surface area contributed by atoms with Crippen LogP contribution in [0, 0.1) is 17.7 Å². The third kappa shape index (κ3) is 4.91. The van der Waals surface area contributed by atoms with Gasteiger partial charge in [0.15, 0.2) is 0 Å². The summed E-state index contributed by atoms with van der Waals surface area (Å²) >= 11 is 5.97. The molecule has 0 radical (unpaired) electrons. The number of nitrogens with zero attached hydrogens (tertiary/aromatic N) is 1. The number of amides is 3. The van der Waals surface area contributed by atoms with Crippen molar-refractivity contribution in [2.75, 3.05) is 13.1 Å². The monoisotopic (exact) mass is 463 g/mol. The van der Waals surface area contributed by atoms with Crippen molar-refractivity contribution in [1.82, 2.24) is 15.5 Å². The summed E-state index contributed by atoms with van der Waals surface area (Å²) in [5.41, 5.74) is -0.574. The third-order valence-corrected chi connectivity index (χ3v) is 6.94.